The molecule has 0 amide bonds. The molecule has 3 rings (SSSR count). The van der Waals surface area contributed by atoms with E-state index in [-0.39, 0.29) is 0 Å². The van der Waals surface area contributed by atoms with Crippen LogP contribution in [0.1, 0.15) is 0 Å². The van der Waals surface area contributed by atoms with Crippen molar-refractivity contribution >= 4 is 40.7 Å². The molecule has 5 nitrogen and oxygen atoms in total. The highest BCUT2D eigenvalue weighted by Gasteiger charge is 2.10. The van der Waals surface area contributed by atoms with Crippen molar-refractivity contribution in [2.75, 3.05) is 17.7 Å². The van der Waals surface area contributed by atoms with Gasteiger partial charge in [-0.3, -0.25) is 4.98 Å². The average Bonchev–Trinajstić information content (AvgIpc) is 2.59. The molecule has 2 N–H and O–H groups in total. The van der Waals surface area contributed by atoms with Crippen molar-refractivity contribution in [3.8, 4) is 11.3 Å². The Balaban J connectivity index is 2.03. The SMILES string of the molecule is CNc1nc(Nc2c(Cl)cccc2Cl)cc(-c2cccnc2)n1. The van der Waals surface area contributed by atoms with Gasteiger partial charge in [0.15, 0.2) is 0 Å². The van der Waals surface area contributed by atoms with Gasteiger partial charge in [-0.05, 0) is 24.3 Å². The Morgan fingerprint density at radius 3 is 2.43 bits per heavy atom. The minimum absolute atomic E-state index is 0.483. The van der Waals surface area contributed by atoms with E-state index in [0.29, 0.717) is 27.5 Å². The van der Waals surface area contributed by atoms with E-state index >= 15 is 0 Å². The molecule has 0 atom stereocenters. The molecular formula is C16H13Cl2N5. The van der Waals surface area contributed by atoms with Gasteiger partial charge in [0.05, 0.1) is 21.4 Å². The molecule has 7 heteroatoms. The van der Waals surface area contributed by atoms with Crippen molar-refractivity contribution < 1.29 is 0 Å². The highest BCUT2D eigenvalue weighted by Crippen LogP contribution is 2.33. The molecule has 0 aliphatic heterocycles. The predicted molar refractivity (Wildman–Crippen MR) is 94.6 cm³/mol. The Labute approximate surface area is 143 Å². The number of nitrogens with one attached hydrogen (secondary N) is 2. The van der Waals surface area contributed by atoms with Gasteiger partial charge in [0.2, 0.25) is 5.95 Å². The summed E-state index contributed by atoms with van der Waals surface area (Å²) in [4.78, 5) is 12.9. The lowest BCUT2D eigenvalue weighted by Gasteiger charge is -2.12. The second kappa shape index (κ2) is 6.81. The first-order valence-electron chi connectivity index (χ1n) is 6.85. The van der Waals surface area contributed by atoms with E-state index in [4.69, 9.17) is 23.2 Å². The Bertz CT molecular complexity index is 804. The van der Waals surface area contributed by atoms with Crippen LogP contribution in [-0.4, -0.2) is 22.0 Å². The Morgan fingerprint density at radius 1 is 1.00 bits per heavy atom. The van der Waals surface area contributed by atoms with Gasteiger partial charge >= 0.3 is 0 Å². The van der Waals surface area contributed by atoms with E-state index in [1.807, 2.05) is 18.2 Å². The summed E-state index contributed by atoms with van der Waals surface area (Å²) in [6.07, 6.45) is 3.46. The van der Waals surface area contributed by atoms with Gasteiger partial charge in [-0.2, -0.15) is 4.98 Å². The van der Waals surface area contributed by atoms with Gasteiger partial charge in [-0.1, -0.05) is 29.3 Å². The normalized spacial score (nSPS) is 10.4. The summed E-state index contributed by atoms with van der Waals surface area (Å²) in [5, 5.41) is 7.13. The number of pyridine rings is 1. The van der Waals surface area contributed by atoms with Crippen LogP contribution in [0, 0.1) is 0 Å². The molecule has 0 aliphatic carbocycles. The number of benzene rings is 1. The van der Waals surface area contributed by atoms with Crippen LogP contribution in [0.5, 0.6) is 0 Å². The summed E-state index contributed by atoms with van der Waals surface area (Å²) < 4.78 is 0. The van der Waals surface area contributed by atoms with Gasteiger partial charge in [0, 0.05) is 31.1 Å². The van der Waals surface area contributed by atoms with Crippen LogP contribution in [0.3, 0.4) is 0 Å². The summed E-state index contributed by atoms with van der Waals surface area (Å²) in [7, 11) is 1.76. The van der Waals surface area contributed by atoms with Crippen molar-refractivity contribution in [3.63, 3.8) is 0 Å². The van der Waals surface area contributed by atoms with Crippen molar-refractivity contribution in [1.82, 2.24) is 15.0 Å². The molecule has 0 aliphatic rings. The van der Waals surface area contributed by atoms with Gasteiger partial charge in [0.25, 0.3) is 0 Å². The lowest BCUT2D eigenvalue weighted by atomic mass is 10.2. The summed E-state index contributed by atoms with van der Waals surface area (Å²) in [5.41, 5.74) is 2.23. The van der Waals surface area contributed by atoms with Crippen LogP contribution in [0.4, 0.5) is 17.5 Å². The van der Waals surface area contributed by atoms with Crippen molar-refractivity contribution in [1.29, 1.82) is 0 Å². The summed E-state index contributed by atoms with van der Waals surface area (Å²) in [6, 6.07) is 10.9. The molecule has 116 valence electrons. The number of nitrogens with zero attached hydrogens (tertiary/aromatic N) is 3. The molecule has 0 bridgehead atoms. The fraction of sp³-hybridized carbons (Fsp3) is 0.0625. The van der Waals surface area contributed by atoms with Crippen molar-refractivity contribution in [3.05, 3.63) is 58.8 Å². The average molecular weight is 346 g/mol. The first kappa shape index (κ1) is 15.5. The highest BCUT2D eigenvalue weighted by atomic mass is 35.5. The number of anilines is 3. The molecule has 0 spiro atoms. The quantitative estimate of drug-likeness (QED) is 0.721. The Kier molecular flexibility index (Phi) is 4.60. The third-order valence-corrected chi connectivity index (χ3v) is 3.75. The summed E-state index contributed by atoms with van der Waals surface area (Å²) >= 11 is 12.4. The number of hydrogen-bond acceptors (Lipinski definition) is 5. The number of aromatic nitrogens is 3. The lowest BCUT2D eigenvalue weighted by Crippen LogP contribution is -2.02. The Hall–Kier alpha value is -2.37. The fourth-order valence-electron chi connectivity index (χ4n) is 2.03. The van der Waals surface area contributed by atoms with Gasteiger partial charge in [0.1, 0.15) is 5.82 Å². The first-order chi connectivity index (χ1) is 11.2. The van der Waals surface area contributed by atoms with Crippen molar-refractivity contribution in [2.45, 2.75) is 0 Å². The topological polar surface area (TPSA) is 62.7 Å². The van der Waals surface area contributed by atoms with Crippen molar-refractivity contribution in [2.24, 2.45) is 0 Å². The molecule has 0 saturated carbocycles. The zero-order valence-corrected chi connectivity index (χ0v) is 13.7. The van der Waals surface area contributed by atoms with Crippen LogP contribution in [-0.2, 0) is 0 Å². The van der Waals surface area contributed by atoms with Crippen LogP contribution in [0.15, 0.2) is 48.8 Å². The number of para-hydroxylation sites is 1. The van der Waals surface area contributed by atoms with E-state index in [2.05, 4.69) is 25.6 Å². The third kappa shape index (κ3) is 3.52. The molecule has 0 fully saturated rings. The van der Waals surface area contributed by atoms with Gasteiger partial charge < -0.3 is 10.6 Å². The van der Waals surface area contributed by atoms with Crippen LogP contribution in [0.25, 0.3) is 11.3 Å². The largest absolute Gasteiger partial charge is 0.357 e. The second-order valence-electron chi connectivity index (χ2n) is 4.68. The molecule has 0 unspecified atom stereocenters. The first-order valence-corrected chi connectivity index (χ1v) is 7.61. The summed E-state index contributed by atoms with van der Waals surface area (Å²) in [5.74, 6) is 1.07. The minimum Gasteiger partial charge on any atom is -0.357 e. The van der Waals surface area contributed by atoms with E-state index in [9.17, 15) is 0 Å². The van der Waals surface area contributed by atoms with Crippen LogP contribution in [0.2, 0.25) is 10.0 Å². The molecule has 0 saturated heterocycles. The van der Waals surface area contributed by atoms with Gasteiger partial charge in [-0.15, -0.1) is 0 Å². The number of halogens is 2. The number of hydrogen-bond donors (Lipinski definition) is 2. The zero-order chi connectivity index (χ0) is 16.2. The predicted octanol–water partition coefficient (Wildman–Crippen LogP) is 4.63. The monoisotopic (exact) mass is 345 g/mol. The highest BCUT2D eigenvalue weighted by molar-refractivity contribution is 6.39. The van der Waals surface area contributed by atoms with E-state index in [1.165, 1.54) is 0 Å². The third-order valence-electron chi connectivity index (χ3n) is 3.12. The molecule has 2 heterocycles. The summed E-state index contributed by atoms with van der Waals surface area (Å²) in [6.45, 7) is 0. The standard InChI is InChI=1S/C16H13Cl2N5/c1-19-16-21-13(10-4-3-7-20-9-10)8-14(23-16)22-15-11(17)5-2-6-12(15)18/h2-9H,1H3,(H2,19,21,22,23). The molecule has 1 aromatic carbocycles. The van der Waals surface area contributed by atoms with Crippen LogP contribution < -0.4 is 10.6 Å². The maximum atomic E-state index is 6.19. The Morgan fingerprint density at radius 2 is 1.78 bits per heavy atom. The molecule has 3 aromatic rings. The zero-order valence-electron chi connectivity index (χ0n) is 12.2. The maximum Gasteiger partial charge on any atom is 0.224 e. The molecular weight excluding hydrogens is 333 g/mol. The van der Waals surface area contributed by atoms with Crippen LogP contribution >= 0.6 is 23.2 Å². The number of rotatable bonds is 4. The molecule has 0 radical (unpaired) electrons. The van der Waals surface area contributed by atoms with E-state index < -0.39 is 0 Å². The van der Waals surface area contributed by atoms with Gasteiger partial charge in [-0.25, -0.2) is 4.98 Å². The molecule has 23 heavy (non-hydrogen) atoms. The fourth-order valence-corrected chi connectivity index (χ4v) is 2.52. The lowest BCUT2D eigenvalue weighted by molar-refractivity contribution is 1.15. The smallest absolute Gasteiger partial charge is 0.224 e. The second-order valence-corrected chi connectivity index (χ2v) is 5.49. The maximum absolute atomic E-state index is 6.19. The van der Waals surface area contributed by atoms with E-state index in [1.54, 1.807) is 37.6 Å². The van der Waals surface area contributed by atoms with E-state index in [0.717, 1.165) is 11.3 Å². The molecule has 2 aromatic heterocycles. The minimum atomic E-state index is 0.483.